The Kier molecular flexibility index (Phi) is 3.53. The fourth-order valence-electron chi connectivity index (χ4n) is 2.70. The molecule has 0 saturated carbocycles. The van der Waals surface area contributed by atoms with E-state index in [-0.39, 0.29) is 17.3 Å². The van der Waals surface area contributed by atoms with Crippen LogP contribution >= 0.6 is 0 Å². The maximum atomic E-state index is 11.1. The van der Waals surface area contributed by atoms with Gasteiger partial charge in [0.15, 0.2) is 0 Å². The third-order valence-electron chi connectivity index (χ3n) is 3.35. The van der Waals surface area contributed by atoms with Crippen molar-refractivity contribution in [2.45, 2.75) is 31.3 Å². The lowest BCUT2D eigenvalue weighted by molar-refractivity contribution is -0.160. The van der Waals surface area contributed by atoms with Crippen LogP contribution in [0.5, 0.6) is 0 Å². The number of hydrogen-bond donors (Lipinski definition) is 1. The molecule has 16 heavy (non-hydrogen) atoms. The van der Waals surface area contributed by atoms with Gasteiger partial charge >= 0.3 is 0 Å². The molecule has 0 aliphatic carbocycles. The molecule has 2 rings (SSSR count). The number of rotatable bonds is 2. The smallest absolute Gasteiger partial charge is 0.209 e. The van der Waals surface area contributed by atoms with E-state index in [0.29, 0.717) is 13.2 Å². The summed E-state index contributed by atoms with van der Waals surface area (Å²) < 4.78 is 33.4. The highest BCUT2D eigenvalue weighted by atomic mass is 32.2. The minimum absolute atomic E-state index is 0.0676. The van der Waals surface area contributed by atoms with Crippen LogP contribution in [0.2, 0.25) is 0 Å². The Balaban J connectivity index is 1.98. The standard InChI is InChI=1S/C10H19NO4S/c11-16(12,13)7-9-2-5-15-10(6-9)3-1-4-14-8-10/h9H,1-8H2,(H2,11,12,13). The number of ether oxygens (including phenoxy) is 2. The summed E-state index contributed by atoms with van der Waals surface area (Å²) in [4.78, 5) is 0. The Morgan fingerprint density at radius 3 is 2.81 bits per heavy atom. The lowest BCUT2D eigenvalue weighted by atomic mass is 9.83. The lowest BCUT2D eigenvalue weighted by Gasteiger charge is -2.42. The van der Waals surface area contributed by atoms with Gasteiger partial charge in [0.25, 0.3) is 0 Å². The topological polar surface area (TPSA) is 78.6 Å². The minimum atomic E-state index is -3.38. The third-order valence-corrected chi connectivity index (χ3v) is 4.29. The molecule has 6 heteroatoms. The Labute approximate surface area is 96.3 Å². The molecule has 1 spiro atoms. The molecule has 94 valence electrons. The van der Waals surface area contributed by atoms with Crippen molar-refractivity contribution in [2.24, 2.45) is 11.1 Å². The number of hydrogen-bond acceptors (Lipinski definition) is 4. The summed E-state index contributed by atoms with van der Waals surface area (Å²) in [7, 11) is -3.38. The molecule has 2 atom stereocenters. The molecule has 2 unspecified atom stereocenters. The molecule has 2 fully saturated rings. The zero-order valence-electron chi connectivity index (χ0n) is 9.35. The van der Waals surface area contributed by atoms with Crippen LogP contribution in [0.3, 0.4) is 0 Å². The second-order valence-corrected chi connectivity index (χ2v) is 6.54. The molecule has 0 aromatic carbocycles. The summed E-state index contributed by atoms with van der Waals surface area (Å²) in [6.07, 6.45) is 3.48. The van der Waals surface area contributed by atoms with Crippen LogP contribution in [-0.2, 0) is 19.5 Å². The monoisotopic (exact) mass is 249 g/mol. The van der Waals surface area contributed by atoms with Gasteiger partial charge < -0.3 is 9.47 Å². The van der Waals surface area contributed by atoms with Gasteiger partial charge in [-0.2, -0.15) is 0 Å². The highest BCUT2D eigenvalue weighted by Crippen LogP contribution is 2.35. The van der Waals surface area contributed by atoms with Gasteiger partial charge in [0.1, 0.15) is 0 Å². The molecule has 2 saturated heterocycles. The van der Waals surface area contributed by atoms with E-state index in [1.165, 1.54) is 0 Å². The SMILES string of the molecule is NS(=O)(=O)CC1CCOC2(CCCOC2)C1. The Bertz CT molecular complexity index is 329. The molecule has 0 amide bonds. The van der Waals surface area contributed by atoms with Gasteiger partial charge in [-0.05, 0) is 31.6 Å². The molecular formula is C10H19NO4S. The first kappa shape index (κ1) is 12.3. The molecular weight excluding hydrogens is 230 g/mol. The minimum Gasteiger partial charge on any atom is -0.378 e. The highest BCUT2D eigenvalue weighted by molar-refractivity contribution is 7.89. The first-order chi connectivity index (χ1) is 7.49. The van der Waals surface area contributed by atoms with Gasteiger partial charge in [-0.25, -0.2) is 13.6 Å². The second kappa shape index (κ2) is 4.60. The lowest BCUT2D eigenvalue weighted by Crippen LogP contribution is -2.47. The molecule has 0 radical (unpaired) electrons. The largest absolute Gasteiger partial charge is 0.378 e. The quantitative estimate of drug-likeness (QED) is 0.761. The van der Waals surface area contributed by atoms with Gasteiger partial charge in [-0.15, -0.1) is 0 Å². The summed E-state index contributed by atoms with van der Waals surface area (Å²) in [5, 5.41) is 5.08. The van der Waals surface area contributed by atoms with Crippen molar-refractivity contribution in [3.63, 3.8) is 0 Å². The average Bonchev–Trinajstić information content (AvgIpc) is 2.16. The van der Waals surface area contributed by atoms with Gasteiger partial charge in [-0.3, -0.25) is 0 Å². The number of nitrogens with two attached hydrogens (primary N) is 1. The molecule has 2 aliphatic rings. The van der Waals surface area contributed by atoms with Crippen molar-refractivity contribution >= 4 is 10.0 Å². The van der Waals surface area contributed by atoms with Crippen LogP contribution in [-0.4, -0.2) is 39.6 Å². The van der Waals surface area contributed by atoms with E-state index in [1.807, 2.05) is 0 Å². The number of sulfonamides is 1. The number of primary sulfonamides is 1. The van der Waals surface area contributed by atoms with Gasteiger partial charge in [0, 0.05) is 13.2 Å². The molecule has 0 aromatic rings. The van der Waals surface area contributed by atoms with Crippen LogP contribution in [0.15, 0.2) is 0 Å². The van der Waals surface area contributed by atoms with Gasteiger partial charge in [0.05, 0.1) is 18.0 Å². The van der Waals surface area contributed by atoms with Gasteiger partial charge in [0.2, 0.25) is 10.0 Å². The Morgan fingerprint density at radius 1 is 1.38 bits per heavy atom. The van der Waals surface area contributed by atoms with Crippen molar-refractivity contribution in [3.05, 3.63) is 0 Å². The fourth-order valence-corrected chi connectivity index (χ4v) is 3.64. The van der Waals surface area contributed by atoms with E-state index in [9.17, 15) is 8.42 Å². The molecule has 2 aliphatic heterocycles. The normalized spacial score (nSPS) is 36.4. The molecule has 0 bridgehead atoms. The highest BCUT2D eigenvalue weighted by Gasteiger charge is 2.40. The summed E-state index contributed by atoms with van der Waals surface area (Å²) in [6, 6.07) is 0. The van der Waals surface area contributed by atoms with E-state index in [2.05, 4.69) is 0 Å². The molecule has 2 heterocycles. The maximum absolute atomic E-state index is 11.1. The predicted molar refractivity (Wildman–Crippen MR) is 59.4 cm³/mol. The van der Waals surface area contributed by atoms with E-state index in [4.69, 9.17) is 14.6 Å². The second-order valence-electron chi connectivity index (χ2n) is 4.88. The maximum Gasteiger partial charge on any atom is 0.209 e. The summed E-state index contributed by atoms with van der Waals surface area (Å²) in [5.74, 6) is 0.184. The summed E-state index contributed by atoms with van der Waals surface area (Å²) in [6.45, 7) is 1.99. The average molecular weight is 249 g/mol. The van der Waals surface area contributed by atoms with E-state index in [1.54, 1.807) is 0 Å². The van der Waals surface area contributed by atoms with Crippen LogP contribution in [0.1, 0.15) is 25.7 Å². The van der Waals surface area contributed by atoms with Crippen LogP contribution in [0.25, 0.3) is 0 Å². The van der Waals surface area contributed by atoms with E-state index in [0.717, 1.165) is 32.3 Å². The Hall–Kier alpha value is -0.170. The summed E-state index contributed by atoms with van der Waals surface area (Å²) >= 11 is 0. The van der Waals surface area contributed by atoms with Crippen molar-refractivity contribution in [2.75, 3.05) is 25.6 Å². The fraction of sp³-hybridized carbons (Fsp3) is 1.00. The van der Waals surface area contributed by atoms with Crippen molar-refractivity contribution in [1.29, 1.82) is 0 Å². The summed E-state index contributed by atoms with van der Waals surface area (Å²) in [5.41, 5.74) is -0.244. The molecule has 5 nitrogen and oxygen atoms in total. The molecule has 0 aromatic heterocycles. The Morgan fingerprint density at radius 2 is 2.19 bits per heavy atom. The van der Waals surface area contributed by atoms with Crippen molar-refractivity contribution < 1.29 is 17.9 Å². The van der Waals surface area contributed by atoms with Crippen LogP contribution in [0, 0.1) is 5.92 Å². The third kappa shape index (κ3) is 3.16. The molecule has 2 N–H and O–H groups in total. The van der Waals surface area contributed by atoms with E-state index >= 15 is 0 Å². The first-order valence-corrected chi connectivity index (χ1v) is 7.43. The van der Waals surface area contributed by atoms with Gasteiger partial charge in [-0.1, -0.05) is 0 Å². The van der Waals surface area contributed by atoms with E-state index < -0.39 is 10.0 Å². The predicted octanol–water partition coefficient (Wildman–Crippen LogP) is 0.251. The zero-order chi connectivity index (χ0) is 11.6. The zero-order valence-corrected chi connectivity index (χ0v) is 10.2. The van der Waals surface area contributed by atoms with Crippen LogP contribution in [0.4, 0.5) is 0 Å². The van der Waals surface area contributed by atoms with Crippen LogP contribution < -0.4 is 5.14 Å². The van der Waals surface area contributed by atoms with Crippen molar-refractivity contribution in [3.8, 4) is 0 Å². The van der Waals surface area contributed by atoms with Crippen molar-refractivity contribution in [1.82, 2.24) is 0 Å². The first-order valence-electron chi connectivity index (χ1n) is 5.71.